The van der Waals surface area contributed by atoms with Crippen molar-refractivity contribution in [3.05, 3.63) is 94.8 Å². The number of anilines is 2. The Morgan fingerprint density at radius 2 is 1.85 bits per heavy atom. The maximum atomic E-state index is 14.0. The molecular formula is C30H32F3N5O2. The molecule has 0 radical (unpaired) electrons. The molecule has 0 atom stereocenters. The highest BCUT2D eigenvalue weighted by atomic mass is 19.4. The lowest BCUT2D eigenvalue weighted by molar-refractivity contribution is -0.138. The normalized spacial score (nSPS) is 15.1. The summed E-state index contributed by atoms with van der Waals surface area (Å²) in [5, 5.41) is 5.41. The molecule has 10 heteroatoms. The number of benzene rings is 2. The fourth-order valence-electron chi connectivity index (χ4n) is 4.48. The number of aryl methyl sites for hydroxylation is 1. The van der Waals surface area contributed by atoms with Crippen molar-refractivity contribution in [2.75, 3.05) is 43.9 Å². The third-order valence-electron chi connectivity index (χ3n) is 6.75. The summed E-state index contributed by atoms with van der Waals surface area (Å²) in [6, 6.07) is 12.2. The summed E-state index contributed by atoms with van der Waals surface area (Å²) in [4.78, 5) is 33.5. The Hall–Kier alpha value is -4.02. The molecule has 0 bridgehead atoms. The lowest BCUT2D eigenvalue weighted by atomic mass is 10.0. The van der Waals surface area contributed by atoms with Crippen molar-refractivity contribution in [3.8, 4) is 0 Å². The van der Waals surface area contributed by atoms with Crippen molar-refractivity contribution in [2.24, 2.45) is 0 Å². The number of amides is 2. The molecule has 2 amide bonds. The van der Waals surface area contributed by atoms with Gasteiger partial charge in [0, 0.05) is 55.0 Å². The van der Waals surface area contributed by atoms with Gasteiger partial charge >= 0.3 is 6.18 Å². The average Bonchev–Trinajstić information content (AvgIpc) is 3.13. The first-order valence-corrected chi connectivity index (χ1v) is 13.0. The van der Waals surface area contributed by atoms with Crippen LogP contribution in [0.2, 0.25) is 0 Å². The van der Waals surface area contributed by atoms with Gasteiger partial charge in [0.25, 0.3) is 5.91 Å². The number of nitrogens with zero attached hydrogens (tertiary/aromatic N) is 3. The summed E-state index contributed by atoms with van der Waals surface area (Å²) in [6.07, 6.45) is 2.53. The molecule has 1 aliphatic rings. The van der Waals surface area contributed by atoms with Gasteiger partial charge < -0.3 is 15.5 Å². The Kier molecular flexibility index (Phi) is 9.34. The number of carbonyl (C=O) groups excluding carboxylic acids is 2. The number of rotatable bonds is 7. The summed E-state index contributed by atoms with van der Waals surface area (Å²) in [6.45, 7) is 5.07. The standard InChI is InChI=1S/C30H32F3N5O2/c1-21-6-10-25(18-27(21)36-28(39)11-7-22-5-3-12-34-19-22)35-29(40)23-8-9-24(26(17-23)30(31,32)33)20-38-14-4-13-37(2)15-16-38/h3,5-12,17-19H,4,13-16,20H2,1-2H3,(H,35,40)(H,36,39). The van der Waals surface area contributed by atoms with Gasteiger partial charge in [-0.15, -0.1) is 0 Å². The van der Waals surface area contributed by atoms with Crippen LogP contribution in [0.3, 0.4) is 0 Å². The summed E-state index contributed by atoms with van der Waals surface area (Å²) < 4.78 is 42.0. The predicted molar refractivity (Wildman–Crippen MR) is 150 cm³/mol. The minimum atomic E-state index is -4.60. The minimum absolute atomic E-state index is 0.0998. The van der Waals surface area contributed by atoms with Crippen molar-refractivity contribution in [1.82, 2.24) is 14.8 Å². The number of halogens is 3. The van der Waals surface area contributed by atoms with Crippen LogP contribution >= 0.6 is 0 Å². The number of pyridine rings is 1. The molecule has 3 aromatic rings. The van der Waals surface area contributed by atoms with Crippen LogP contribution in [0.5, 0.6) is 0 Å². The van der Waals surface area contributed by atoms with Crippen LogP contribution in [0.25, 0.3) is 6.08 Å². The molecule has 4 rings (SSSR count). The Morgan fingerprint density at radius 1 is 1.02 bits per heavy atom. The van der Waals surface area contributed by atoms with Gasteiger partial charge in [0.1, 0.15) is 0 Å². The molecule has 2 heterocycles. The van der Waals surface area contributed by atoms with E-state index in [-0.39, 0.29) is 23.6 Å². The van der Waals surface area contributed by atoms with E-state index in [9.17, 15) is 22.8 Å². The highest BCUT2D eigenvalue weighted by Crippen LogP contribution is 2.34. The molecule has 7 nitrogen and oxygen atoms in total. The van der Waals surface area contributed by atoms with Crippen LogP contribution in [0.15, 0.2) is 67.0 Å². The maximum absolute atomic E-state index is 14.0. The van der Waals surface area contributed by atoms with E-state index in [0.717, 1.165) is 43.2 Å². The Balaban J connectivity index is 1.47. The van der Waals surface area contributed by atoms with E-state index < -0.39 is 17.6 Å². The summed E-state index contributed by atoms with van der Waals surface area (Å²) in [5.41, 5.74) is 1.56. The van der Waals surface area contributed by atoms with E-state index in [4.69, 9.17) is 0 Å². The van der Waals surface area contributed by atoms with Crippen LogP contribution in [0.1, 0.15) is 39.0 Å². The van der Waals surface area contributed by atoms with Gasteiger partial charge in [0.15, 0.2) is 0 Å². The van der Waals surface area contributed by atoms with Gasteiger partial charge in [-0.2, -0.15) is 13.2 Å². The maximum Gasteiger partial charge on any atom is 0.416 e. The molecule has 2 aromatic carbocycles. The summed E-state index contributed by atoms with van der Waals surface area (Å²) in [5.74, 6) is -1.05. The molecule has 0 saturated carbocycles. The van der Waals surface area contributed by atoms with Crippen molar-refractivity contribution in [1.29, 1.82) is 0 Å². The van der Waals surface area contributed by atoms with E-state index in [0.29, 0.717) is 17.9 Å². The fourth-order valence-corrected chi connectivity index (χ4v) is 4.48. The van der Waals surface area contributed by atoms with Gasteiger partial charge in [-0.05, 0) is 86.6 Å². The monoisotopic (exact) mass is 551 g/mol. The first-order valence-electron chi connectivity index (χ1n) is 13.0. The second-order valence-electron chi connectivity index (χ2n) is 9.90. The Bertz CT molecular complexity index is 1380. The number of hydrogen-bond acceptors (Lipinski definition) is 5. The smallest absolute Gasteiger partial charge is 0.322 e. The number of likely N-dealkylation sites (N-methyl/N-ethyl adjacent to an activating group) is 1. The molecule has 1 saturated heterocycles. The number of hydrogen-bond donors (Lipinski definition) is 2. The largest absolute Gasteiger partial charge is 0.416 e. The minimum Gasteiger partial charge on any atom is -0.322 e. The number of aromatic nitrogens is 1. The second kappa shape index (κ2) is 12.9. The number of nitrogens with one attached hydrogen (secondary N) is 2. The third kappa shape index (κ3) is 8.00. The fraction of sp³-hybridized carbons (Fsp3) is 0.300. The Labute approximate surface area is 231 Å². The second-order valence-corrected chi connectivity index (χ2v) is 9.90. The predicted octanol–water partition coefficient (Wildman–Crippen LogP) is 5.45. The molecule has 1 aliphatic heterocycles. The zero-order valence-electron chi connectivity index (χ0n) is 22.5. The van der Waals surface area contributed by atoms with Crippen LogP contribution < -0.4 is 10.6 Å². The first kappa shape index (κ1) is 29.0. The van der Waals surface area contributed by atoms with Gasteiger partial charge in [0.2, 0.25) is 5.91 Å². The summed E-state index contributed by atoms with van der Waals surface area (Å²) >= 11 is 0. The quantitative estimate of drug-likeness (QED) is 0.382. The van der Waals surface area contributed by atoms with Gasteiger partial charge in [0.05, 0.1) is 5.56 Å². The molecule has 0 spiro atoms. The molecule has 2 N–H and O–H groups in total. The third-order valence-corrected chi connectivity index (χ3v) is 6.75. The number of carbonyl (C=O) groups is 2. The molecule has 210 valence electrons. The SMILES string of the molecule is Cc1ccc(NC(=O)c2ccc(CN3CCCN(C)CC3)c(C(F)(F)F)c2)cc1NC(=O)C=Cc1cccnc1. The zero-order chi connectivity index (χ0) is 28.7. The lowest BCUT2D eigenvalue weighted by Crippen LogP contribution is -2.29. The topological polar surface area (TPSA) is 77.6 Å². The van der Waals surface area contributed by atoms with E-state index >= 15 is 0 Å². The van der Waals surface area contributed by atoms with Crippen molar-refractivity contribution < 1.29 is 22.8 Å². The molecule has 1 fully saturated rings. The van der Waals surface area contributed by atoms with Gasteiger partial charge in [-0.3, -0.25) is 19.5 Å². The summed E-state index contributed by atoms with van der Waals surface area (Å²) in [7, 11) is 2.00. The van der Waals surface area contributed by atoms with E-state index in [1.807, 2.05) is 18.0 Å². The number of alkyl halides is 3. The zero-order valence-corrected chi connectivity index (χ0v) is 22.5. The van der Waals surface area contributed by atoms with Gasteiger partial charge in [-0.25, -0.2) is 0 Å². The van der Waals surface area contributed by atoms with E-state index in [2.05, 4.69) is 20.5 Å². The molecule has 0 unspecified atom stereocenters. The van der Waals surface area contributed by atoms with Crippen molar-refractivity contribution >= 4 is 29.3 Å². The van der Waals surface area contributed by atoms with Crippen molar-refractivity contribution in [3.63, 3.8) is 0 Å². The first-order chi connectivity index (χ1) is 19.1. The average molecular weight is 552 g/mol. The van der Waals surface area contributed by atoms with Crippen LogP contribution in [-0.4, -0.2) is 59.8 Å². The lowest BCUT2D eigenvalue weighted by Gasteiger charge is -2.23. The van der Waals surface area contributed by atoms with Crippen LogP contribution in [0.4, 0.5) is 24.5 Å². The van der Waals surface area contributed by atoms with Crippen LogP contribution in [0, 0.1) is 6.92 Å². The van der Waals surface area contributed by atoms with Crippen molar-refractivity contribution in [2.45, 2.75) is 26.1 Å². The molecular weight excluding hydrogens is 519 g/mol. The molecule has 0 aliphatic carbocycles. The highest BCUT2D eigenvalue weighted by Gasteiger charge is 2.34. The Morgan fingerprint density at radius 3 is 2.60 bits per heavy atom. The highest BCUT2D eigenvalue weighted by molar-refractivity contribution is 6.06. The molecule has 1 aromatic heterocycles. The van der Waals surface area contributed by atoms with Crippen LogP contribution in [-0.2, 0) is 17.5 Å². The van der Waals surface area contributed by atoms with E-state index in [1.54, 1.807) is 49.7 Å². The van der Waals surface area contributed by atoms with Gasteiger partial charge in [-0.1, -0.05) is 18.2 Å². The van der Waals surface area contributed by atoms with E-state index in [1.165, 1.54) is 18.2 Å². The molecule has 40 heavy (non-hydrogen) atoms.